The molecule has 0 atom stereocenters. The molecule has 4 nitrogen and oxygen atoms in total. The zero-order valence-corrected chi connectivity index (χ0v) is 14.0. The van der Waals surface area contributed by atoms with Gasteiger partial charge in [0.2, 0.25) is 0 Å². The van der Waals surface area contributed by atoms with Crippen LogP contribution in [0.3, 0.4) is 0 Å². The van der Waals surface area contributed by atoms with Crippen molar-refractivity contribution in [1.82, 2.24) is 4.57 Å². The maximum absolute atomic E-state index is 13.7. The number of nitrogens with zero attached hydrogens (tertiary/aromatic N) is 1. The Morgan fingerprint density at radius 2 is 1.81 bits per heavy atom. The molecule has 0 spiro atoms. The van der Waals surface area contributed by atoms with Crippen molar-refractivity contribution in [3.8, 4) is 0 Å². The van der Waals surface area contributed by atoms with Crippen LogP contribution in [0.1, 0.15) is 21.5 Å². The highest BCUT2D eigenvalue weighted by Gasteiger charge is 2.14. The first-order valence-electron chi connectivity index (χ1n) is 7.95. The number of carbonyl (C=O) groups excluding carboxylic acids is 1. The number of hydrogen-bond donors (Lipinski definition) is 1. The van der Waals surface area contributed by atoms with Crippen molar-refractivity contribution in [1.29, 1.82) is 0 Å². The first-order chi connectivity index (χ1) is 12.4. The normalized spacial score (nSPS) is 10.6. The lowest BCUT2D eigenvalue weighted by Crippen LogP contribution is -2.29. The molecule has 1 N–H and O–H groups in total. The van der Waals surface area contributed by atoms with E-state index in [-0.39, 0.29) is 11.3 Å². The molecule has 0 bridgehead atoms. The average Bonchev–Trinajstić information content (AvgIpc) is 2.61. The molecule has 0 aliphatic rings. The lowest BCUT2D eigenvalue weighted by molar-refractivity contribution is 0.102. The Kier molecular flexibility index (Phi) is 4.93. The molecule has 1 amide bonds. The number of halogens is 2. The largest absolute Gasteiger partial charge is 0.319 e. The van der Waals surface area contributed by atoms with Crippen LogP contribution >= 0.6 is 0 Å². The number of carbonyl (C=O) groups is 1. The quantitative estimate of drug-likeness (QED) is 0.776. The monoisotopic (exact) mass is 354 g/mol. The summed E-state index contributed by atoms with van der Waals surface area (Å²) in [6.07, 6.45) is 1.58. The van der Waals surface area contributed by atoms with Gasteiger partial charge in [0.25, 0.3) is 11.5 Å². The van der Waals surface area contributed by atoms with E-state index in [1.165, 1.54) is 10.6 Å². The minimum atomic E-state index is -0.908. The lowest BCUT2D eigenvalue weighted by Gasteiger charge is -2.10. The molecule has 1 heterocycles. The van der Waals surface area contributed by atoms with Gasteiger partial charge < -0.3 is 9.88 Å². The summed E-state index contributed by atoms with van der Waals surface area (Å²) in [7, 11) is 0. The van der Waals surface area contributed by atoms with E-state index in [0.717, 1.165) is 23.3 Å². The second-order valence-electron chi connectivity index (χ2n) is 5.92. The predicted molar refractivity (Wildman–Crippen MR) is 95.3 cm³/mol. The van der Waals surface area contributed by atoms with E-state index >= 15 is 0 Å². The fourth-order valence-electron chi connectivity index (χ4n) is 2.50. The van der Waals surface area contributed by atoms with Crippen molar-refractivity contribution in [2.75, 3.05) is 5.32 Å². The van der Waals surface area contributed by atoms with Gasteiger partial charge in [0, 0.05) is 12.3 Å². The number of anilines is 1. The minimum absolute atomic E-state index is 0.122. The molecule has 1 aromatic heterocycles. The molecule has 0 fully saturated rings. The van der Waals surface area contributed by atoms with Crippen LogP contribution in [0.25, 0.3) is 0 Å². The third kappa shape index (κ3) is 3.85. The molecule has 0 aliphatic carbocycles. The molecule has 2 aromatic carbocycles. The summed E-state index contributed by atoms with van der Waals surface area (Å²) in [5, 5.41) is 2.30. The summed E-state index contributed by atoms with van der Waals surface area (Å²) in [6.45, 7) is 2.28. The number of benzene rings is 2. The topological polar surface area (TPSA) is 51.1 Å². The van der Waals surface area contributed by atoms with Gasteiger partial charge >= 0.3 is 0 Å². The summed E-state index contributed by atoms with van der Waals surface area (Å²) >= 11 is 0. The van der Waals surface area contributed by atoms with Gasteiger partial charge in [-0.15, -0.1) is 0 Å². The van der Waals surface area contributed by atoms with Crippen LogP contribution < -0.4 is 10.9 Å². The summed E-state index contributed by atoms with van der Waals surface area (Å²) in [6, 6.07) is 13.4. The summed E-state index contributed by atoms with van der Waals surface area (Å²) in [5.74, 6) is -2.41. The molecule has 3 rings (SSSR count). The Morgan fingerprint density at radius 3 is 2.50 bits per heavy atom. The fraction of sp³-hybridized carbons (Fsp3) is 0.100. The molecule has 0 saturated carbocycles. The van der Waals surface area contributed by atoms with Crippen LogP contribution in [-0.4, -0.2) is 10.5 Å². The Morgan fingerprint density at radius 1 is 1.08 bits per heavy atom. The van der Waals surface area contributed by atoms with Crippen LogP contribution in [0.2, 0.25) is 0 Å². The Balaban J connectivity index is 1.85. The maximum atomic E-state index is 13.7. The summed E-state index contributed by atoms with van der Waals surface area (Å²) in [4.78, 5) is 24.9. The van der Waals surface area contributed by atoms with E-state index in [9.17, 15) is 18.4 Å². The van der Waals surface area contributed by atoms with Crippen molar-refractivity contribution in [3.63, 3.8) is 0 Å². The molecule has 132 valence electrons. The van der Waals surface area contributed by atoms with Crippen molar-refractivity contribution in [3.05, 3.63) is 99.5 Å². The van der Waals surface area contributed by atoms with Gasteiger partial charge in [0.05, 0.1) is 12.2 Å². The summed E-state index contributed by atoms with van der Waals surface area (Å²) < 4.78 is 28.0. The molecule has 0 radical (unpaired) electrons. The van der Waals surface area contributed by atoms with E-state index in [0.29, 0.717) is 12.6 Å². The molecule has 0 unspecified atom stereocenters. The SMILES string of the molecule is Cc1ccc(Cn2cccc(C(=O)Nc3ccc(F)cc3F)c2=O)cc1. The molecule has 0 aliphatic heterocycles. The van der Waals surface area contributed by atoms with Gasteiger partial charge in [-0.05, 0) is 36.8 Å². The van der Waals surface area contributed by atoms with E-state index in [1.807, 2.05) is 31.2 Å². The van der Waals surface area contributed by atoms with Gasteiger partial charge in [-0.3, -0.25) is 9.59 Å². The Labute approximate surface area is 148 Å². The van der Waals surface area contributed by atoms with Crippen LogP contribution in [0.5, 0.6) is 0 Å². The van der Waals surface area contributed by atoms with E-state index in [4.69, 9.17) is 0 Å². The number of aryl methyl sites for hydroxylation is 1. The van der Waals surface area contributed by atoms with Gasteiger partial charge in [0.1, 0.15) is 17.2 Å². The minimum Gasteiger partial charge on any atom is -0.319 e. The zero-order valence-electron chi connectivity index (χ0n) is 14.0. The highest BCUT2D eigenvalue weighted by molar-refractivity contribution is 6.04. The number of aromatic nitrogens is 1. The van der Waals surface area contributed by atoms with Crippen LogP contribution in [0.15, 0.2) is 65.6 Å². The fourth-order valence-corrected chi connectivity index (χ4v) is 2.50. The number of pyridine rings is 1. The van der Waals surface area contributed by atoms with E-state index in [1.54, 1.807) is 12.3 Å². The van der Waals surface area contributed by atoms with Crippen LogP contribution in [0, 0.1) is 18.6 Å². The Hall–Kier alpha value is -3.28. The molecule has 6 heteroatoms. The lowest BCUT2D eigenvalue weighted by atomic mass is 10.1. The molecular formula is C20H16F2N2O2. The van der Waals surface area contributed by atoms with Gasteiger partial charge in [-0.2, -0.15) is 0 Å². The molecular weight excluding hydrogens is 338 g/mol. The second kappa shape index (κ2) is 7.31. The molecule has 0 saturated heterocycles. The number of nitrogens with one attached hydrogen (secondary N) is 1. The van der Waals surface area contributed by atoms with Crippen molar-refractivity contribution in [2.24, 2.45) is 0 Å². The Bertz CT molecular complexity index is 1010. The number of amides is 1. The third-order valence-corrected chi connectivity index (χ3v) is 3.92. The smallest absolute Gasteiger partial charge is 0.263 e. The molecule has 26 heavy (non-hydrogen) atoms. The van der Waals surface area contributed by atoms with E-state index in [2.05, 4.69) is 5.32 Å². The second-order valence-corrected chi connectivity index (χ2v) is 5.92. The van der Waals surface area contributed by atoms with Crippen molar-refractivity contribution >= 4 is 11.6 Å². The van der Waals surface area contributed by atoms with Crippen molar-refractivity contribution in [2.45, 2.75) is 13.5 Å². The van der Waals surface area contributed by atoms with Crippen molar-refractivity contribution < 1.29 is 13.6 Å². The van der Waals surface area contributed by atoms with Crippen LogP contribution in [-0.2, 0) is 6.54 Å². The van der Waals surface area contributed by atoms with Gasteiger partial charge in [-0.25, -0.2) is 8.78 Å². The van der Waals surface area contributed by atoms with Gasteiger partial charge in [-0.1, -0.05) is 29.8 Å². The van der Waals surface area contributed by atoms with Crippen LogP contribution in [0.4, 0.5) is 14.5 Å². The molecule has 3 aromatic rings. The number of rotatable bonds is 4. The number of hydrogen-bond acceptors (Lipinski definition) is 2. The highest BCUT2D eigenvalue weighted by atomic mass is 19.1. The van der Waals surface area contributed by atoms with Gasteiger partial charge in [0.15, 0.2) is 0 Å². The highest BCUT2D eigenvalue weighted by Crippen LogP contribution is 2.15. The first-order valence-corrected chi connectivity index (χ1v) is 7.95. The zero-order chi connectivity index (χ0) is 18.7. The standard InChI is InChI=1S/C20H16F2N2O2/c1-13-4-6-14(7-5-13)12-24-10-2-3-16(20(24)26)19(25)23-18-9-8-15(21)11-17(18)22/h2-11H,12H2,1H3,(H,23,25). The predicted octanol–water partition coefficient (Wildman–Crippen LogP) is 3.74. The van der Waals surface area contributed by atoms with E-state index < -0.39 is 23.1 Å². The maximum Gasteiger partial charge on any atom is 0.263 e. The summed E-state index contributed by atoms with van der Waals surface area (Å²) in [5.41, 5.74) is 1.22. The first kappa shape index (κ1) is 17.5. The average molecular weight is 354 g/mol. The third-order valence-electron chi connectivity index (χ3n) is 3.92.